The van der Waals surface area contributed by atoms with E-state index in [-0.39, 0.29) is 16.5 Å². The van der Waals surface area contributed by atoms with Crippen molar-refractivity contribution in [2.75, 3.05) is 5.32 Å². The first kappa shape index (κ1) is 14.7. The molecule has 1 aromatic heterocycles. The minimum absolute atomic E-state index is 0.0433. The van der Waals surface area contributed by atoms with Crippen molar-refractivity contribution in [1.29, 1.82) is 0 Å². The number of carbonyl (C=O) groups is 1. The number of nitrogens with one attached hydrogen (secondary N) is 1. The van der Waals surface area contributed by atoms with E-state index in [2.05, 4.69) is 26.2 Å². The van der Waals surface area contributed by atoms with Gasteiger partial charge in [-0.15, -0.1) is 0 Å². The molecule has 4 nitrogen and oxygen atoms in total. The van der Waals surface area contributed by atoms with Gasteiger partial charge in [-0.1, -0.05) is 11.6 Å². The molecule has 0 saturated carbocycles. The summed E-state index contributed by atoms with van der Waals surface area (Å²) < 4.78 is 13.9. The van der Waals surface area contributed by atoms with E-state index in [4.69, 9.17) is 16.7 Å². The van der Waals surface area contributed by atoms with Gasteiger partial charge in [0.15, 0.2) is 5.69 Å². The number of benzene rings is 1. The zero-order valence-corrected chi connectivity index (χ0v) is 12.6. The fraction of sp³-hybridized carbons (Fsp3) is 0.0769. The van der Waals surface area contributed by atoms with Crippen molar-refractivity contribution in [2.24, 2.45) is 0 Å². The Morgan fingerprint density at radius 3 is 2.80 bits per heavy atom. The highest BCUT2D eigenvalue weighted by molar-refractivity contribution is 9.10. The van der Waals surface area contributed by atoms with Gasteiger partial charge in [0.1, 0.15) is 11.6 Å². The standard InChI is InChI=1S/C13H9BrClFN2O2/c1-6-4-7(14)9(16)5-10(6)17-11-3-2-8(15)12(18-11)13(19)20/h2-5H,1H3,(H,17,18)(H,19,20). The monoisotopic (exact) mass is 358 g/mol. The molecular formula is C13H9BrClFN2O2. The van der Waals surface area contributed by atoms with Crippen LogP contribution in [0.25, 0.3) is 0 Å². The van der Waals surface area contributed by atoms with Crippen LogP contribution in [-0.2, 0) is 0 Å². The van der Waals surface area contributed by atoms with Gasteiger partial charge in [-0.05, 0) is 52.7 Å². The lowest BCUT2D eigenvalue weighted by atomic mass is 10.2. The lowest BCUT2D eigenvalue weighted by Crippen LogP contribution is -2.04. The Morgan fingerprint density at radius 1 is 1.45 bits per heavy atom. The molecule has 104 valence electrons. The van der Waals surface area contributed by atoms with Crippen LogP contribution < -0.4 is 5.32 Å². The number of aromatic nitrogens is 1. The maximum Gasteiger partial charge on any atom is 0.356 e. The smallest absolute Gasteiger partial charge is 0.356 e. The highest BCUT2D eigenvalue weighted by Gasteiger charge is 2.12. The third-order valence-corrected chi connectivity index (χ3v) is 3.49. The summed E-state index contributed by atoms with van der Waals surface area (Å²) in [6.07, 6.45) is 0. The zero-order valence-electron chi connectivity index (χ0n) is 10.2. The third kappa shape index (κ3) is 3.08. The van der Waals surface area contributed by atoms with Crippen molar-refractivity contribution < 1.29 is 14.3 Å². The van der Waals surface area contributed by atoms with Gasteiger partial charge in [0.25, 0.3) is 0 Å². The number of hydrogen-bond donors (Lipinski definition) is 2. The van der Waals surface area contributed by atoms with Crippen LogP contribution in [0, 0.1) is 12.7 Å². The van der Waals surface area contributed by atoms with Crippen molar-refractivity contribution in [3.05, 3.63) is 50.8 Å². The van der Waals surface area contributed by atoms with E-state index in [9.17, 15) is 9.18 Å². The quantitative estimate of drug-likeness (QED) is 0.853. The second kappa shape index (κ2) is 5.76. The minimum Gasteiger partial charge on any atom is -0.476 e. The number of carboxylic acids is 1. The van der Waals surface area contributed by atoms with Crippen molar-refractivity contribution in [1.82, 2.24) is 4.98 Å². The highest BCUT2D eigenvalue weighted by Crippen LogP contribution is 2.27. The lowest BCUT2D eigenvalue weighted by Gasteiger charge is -2.10. The molecule has 0 spiro atoms. The van der Waals surface area contributed by atoms with Crippen LogP contribution in [0.5, 0.6) is 0 Å². The highest BCUT2D eigenvalue weighted by atomic mass is 79.9. The summed E-state index contributed by atoms with van der Waals surface area (Å²) in [5, 5.41) is 11.9. The van der Waals surface area contributed by atoms with Gasteiger partial charge in [0.05, 0.1) is 9.50 Å². The Balaban J connectivity index is 2.38. The van der Waals surface area contributed by atoms with Gasteiger partial charge >= 0.3 is 5.97 Å². The molecule has 0 saturated heterocycles. The second-order valence-corrected chi connectivity index (χ2v) is 5.30. The Morgan fingerprint density at radius 2 is 2.15 bits per heavy atom. The maximum atomic E-state index is 13.5. The lowest BCUT2D eigenvalue weighted by molar-refractivity contribution is 0.0691. The van der Waals surface area contributed by atoms with Crippen LogP contribution in [0.3, 0.4) is 0 Å². The number of anilines is 2. The number of aryl methyl sites for hydroxylation is 1. The molecule has 2 aromatic rings. The predicted molar refractivity (Wildman–Crippen MR) is 78.3 cm³/mol. The number of rotatable bonds is 3. The Bertz CT molecular complexity index is 694. The number of hydrogen-bond acceptors (Lipinski definition) is 3. The number of halogens is 3. The number of aromatic carboxylic acids is 1. The van der Waals surface area contributed by atoms with E-state index >= 15 is 0 Å². The fourth-order valence-corrected chi connectivity index (χ4v) is 2.22. The molecule has 1 heterocycles. The molecular weight excluding hydrogens is 351 g/mol. The van der Waals surface area contributed by atoms with E-state index in [0.717, 1.165) is 5.56 Å². The molecule has 0 bridgehead atoms. The molecule has 0 radical (unpaired) electrons. The summed E-state index contributed by atoms with van der Waals surface area (Å²) in [6, 6.07) is 5.86. The molecule has 2 N–H and O–H groups in total. The van der Waals surface area contributed by atoms with Crippen molar-refractivity contribution in [2.45, 2.75) is 6.92 Å². The Kier molecular flexibility index (Phi) is 4.25. The normalized spacial score (nSPS) is 10.4. The zero-order chi connectivity index (χ0) is 14.9. The van der Waals surface area contributed by atoms with E-state index < -0.39 is 11.8 Å². The molecule has 1 aromatic carbocycles. The van der Waals surface area contributed by atoms with E-state index in [1.165, 1.54) is 18.2 Å². The van der Waals surface area contributed by atoms with E-state index in [1.54, 1.807) is 13.0 Å². The van der Waals surface area contributed by atoms with Crippen LogP contribution in [0.15, 0.2) is 28.7 Å². The van der Waals surface area contributed by atoms with Crippen LogP contribution >= 0.6 is 27.5 Å². The molecule has 0 aliphatic rings. The maximum absolute atomic E-state index is 13.5. The molecule has 0 unspecified atom stereocenters. The molecule has 20 heavy (non-hydrogen) atoms. The molecule has 2 rings (SSSR count). The molecule has 0 aliphatic heterocycles. The van der Waals surface area contributed by atoms with Crippen LogP contribution in [0.1, 0.15) is 16.1 Å². The number of nitrogens with zero attached hydrogens (tertiary/aromatic N) is 1. The molecule has 7 heteroatoms. The van der Waals surface area contributed by atoms with Gasteiger partial charge in [0, 0.05) is 5.69 Å². The van der Waals surface area contributed by atoms with Crippen molar-refractivity contribution in [3.63, 3.8) is 0 Å². The van der Waals surface area contributed by atoms with Crippen LogP contribution in [-0.4, -0.2) is 16.1 Å². The molecule has 0 fully saturated rings. The van der Waals surface area contributed by atoms with Gasteiger partial charge in [0.2, 0.25) is 0 Å². The van der Waals surface area contributed by atoms with Gasteiger partial charge in [-0.2, -0.15) is 0 Å². The minimum atomic E-state index is -1.22. The molecule has 0 atom stereocenters. The number of pyridine rings is 1. The van der Waals surface area contributed by atoms with E-state index in [0.29, 0.717) is 10.2 Å². The van der Waals surface area contributed by atoms with Crippen molar-refractivity contribution >= 4 is 45.0 Å². The van der Waals surface area contributed by atoms with Gasteiger partial charge in [-0.3, -0.25) is 0 Å². The largest absolute Gasteiger partial charge is 0.476 e. The van der Waals surface area contributed by atoms with Crippen molar-refractivity contribution in [3.8, 4) is 0 Å². The molecule has 0 amide bonds. The van der Waals surface area contributed by atoms with Crippen LogP contribution in [0.2, 0.25) is 5.02 Å². The van der Waals surface area contributed by atoms with Crippen LogP contribution in [0.4, 0.5) is 15.9 Å². The first-order chi connectivity index (χ1) is 9.38. The first-order valence-electron chi connectivity index (χ1n) is 5.51. The van der Waals surface area contributed by atoms with Gasteiger partial charge in [-0.25, -0.2) is 14.2 Å². The first-order valence-corrected chi connectivity index (χ1v) is 6.68. The summed E-state index contributed by atoms with van der Waals surface area (Å²) in [6.45, 7) is 1.79. The third-order valence-electron chi connectivity index (χ3n) is 2.58. The summed E-state index contributed by atoms with van der Waals surface area (Å²) in [5.41, 5.74) is 1.02. The van der Waals surface area contributed by atoms with Gasteiger partial charge < -0.3 is 10.4 Å². The average molecular weight is 360 g/mol. The summed E-state index contributed by atoms with van der Waals surface area (Å²) in [5.74, 6) is -1.38. The summed E-state index contributed by atoms with van der Waals surface area (Å²) in [4.78, 5) is 14.8. The second-order valence-electron chi connectivity index (χ2n) is 4.04. The Labute approximate surface area is 127 Å². The predicted octanol–water partition coefficient (Wildman–Crippen LogP) is 4.39. The Hall–Kier alpha value is -1.66. The SMILES string of the molecule is Cc1cc(Br)c(F)cc1Nc1ccc(Cl)c(C(=O)O)n1. The topological polar surface area (TPSA) is 62.2 Å². The summed E-state index contributed by atoms with van der Waals surface area (Å²) in [7, 11) is 0. The summed E-state index contributed by atoms with van der Waals surface area (Å²) >= 11 is 8.83. The van der Waals surface area contributed by atoms with E-state index in [1.807, 2.05) is 0 Å². The average Bonchev–Trinajstić information content (AvgIpc) is 2.37. The molecule has 0 aliphatic carbocycles. The number of carboxylic acid groups (broad SMARTS) is 1. The fourth-order valence-electron chi connectivity index (χ4n) is 1.58.